The summed E-state index contributed by atoms with van der Waals surface area (Å²) in [5, 5.41) is 54.5. The van der Waals surface area contributed by atoms with Gasteiger partial charge in [-0.15, -0.1) is 0 Å². The van der Waals surface area contributed by atoms with Crippen molar-refractivity contribution in [2.24, 2.45) is 0 Å². The lowest BCUT2D eigenvalue weighted by atomic mass is 9.99. The van der Waals surface area contributed by atoms with E-state index in [0.29, 0.717) is 19.4 Å². The van der Waals surface area contributed by atoms with E-state index in [2.05, 4.69) is 67.8 Å². The zero-order valence-corrected chi connectivity index (χ0v) is 55.1. The van der Waals surface area contributed by atoms with E-state index >= 15 is 0 Å². The first kappa shape index (κ1) is 80.4. The average molecular weight is 1200 g/mol. The number of hydrogen-bond acceptors (Lipinski definition) is 10. The maximum atomic E-state index is 13.1. The van der Waals surface area contributed by atoms with Gasteiger partial charge in [-0.1, -0.05) is 293 Å². The van der Waals surface area contributed by atoms with E-state index in [1.807, 2.05) is 6.08 Å². The second-order valence-electron chi connectivity index (χ2n) is 24.9. The number of aliphatic hydroxyl groups is 5. The van der Waals surface area contributed by atoms with E-state index < -0.39 is 49.5 Å². The highest BCUT2D eigenvalue weighted by Gasteiger charge is 2.44. The van der Waals surface area contributed by atoms with Crippen LogP contribution in [0.2, 0.25) is 0 Å². The molecule has 496 valence electrons. The minimum Gasteiger partial charge on any atom is -0.466 e. The molecule has 7 unspecified atom stereocenters. The van der Waals surface area contributed by atoms with Gasteiger partial charge in [0.25, 0.3) is 0 Å². The Bertz CT molecular complexity index is 1600. The minimum atomic E-state index is -1.58. The van der Waals surface area contributed by atoms with Gasteiger partial charge in [0.15, 0.2) is 6.29 Å². The number of unbranched alkanes of at least 4 members (excludes halogenated alkanes) is 41. The summed E-state index contributed by atoms with van der Waals surface area (Å²) in [6, 6.07) is -0.836. The summed E-state index contributed by atoms with van der Waals surface area (Å²) in [5.41, 5.74) is 0. The summed E-state index contributed by atoms with van der Waals surface area (Å²) in [6.45, 7) is 4.33. The third-order valence-electron chi connectivity index (χ3n) is 16.8. The first-order valence-corrected chi connectivity index (χ1v) is 36.1. The van der Waals surface area contributed by atoms with E-state index in [0.717, 1.165) is 77.0 Å². The molecule has 1 heterocycles. The van der Waals surface area contributed by atoms with Crippen molar-refractivity contribution in [2.75, 3.05) is 19.8 Å². The molecule has 0 aromatic carbocycles. The number of ether oxygens (including phenoxy) is 3. The highest BCUT2D eigenvalue weighted by Crippen LogP contribution is 2.23. The third-order valence-corrected chi connectivity index (χ3v) is 16.8. The molecule has 0 saturated carbocycles. The number of amides is 1. The van der Waals surface area contributed by atoms with Gasteiger partial charge in [-0.05, 0) is 89.9 Å². The van der Waals surface area contributed by atoms with Crippen molar-refractivity contribution >= 4 is 11.9 Å². The quantitative estimate of drug-likeness (QED) is 0.0195. The maximum absolute atomic E-state index is 13.1. The Morgan fingerprint density at radius 1 is 0.435 bits per heavy atom. The minimum absolute atomic E-state index is 0.00441. The predicted octanol–water partition coefficient (Wildman–Crippen LogP) is 18.5. The molecule has 0 aliphatic carbocycles. The Labute approximate surface area is 522 Å². The van der Waals surface area contributed by atoms with E-state index in [-0.39, 0.29) is 18.5 Å². The SMILES string of the molecule is CCCCCCC/C=C/CC/C=C/CC/C=C/C(O)C(COC1OC(CO)C(O)C(O)C1O)NC(=O)CCCCCCCCCCCCCCCCC/C=C\C/C=C\CCCCCCCCCCCOC(=O)CCCCCCCCCCCCC. The number of carbonyl (C=O) groups is 2. The van der Waals surface area contributed by atoms with Crippen LogP contribution in [0.15, 0.2) is 60.8 Å². The van der Waals surface area contributed by atoms with Gasteiger partial charge in [0.2, 0.25) is 5.91 Å². The van der Waals surface area contributed by atoms with Crippen molar-refractivity contribution in [3.63, 3.8) is 0 Å². The monoisotopic (exact) mass is 1200 g/mol. The summed E-state index contributed by atoms with van der Waals surface area (Å²) < 4.78 is 16.7. The molecular formula is C74H135NO10. The second kappa shape index (κ2) is 62.9. The van der Waals surface area contributed by atoms with Crippen LogP contribution >= 0.6 is 0 Å². The van der Waals surface area contributed by atoms with Crippen molar-refractivity contribution in [2.45, 2.75) is 378 Å². The predicted molar refractivity (Wildman–Crippen MR) is 357 cm³/mol. The molecule has 1 rings (SSSR count). The lowest BCUT2D eigenvalue weighted by Gasteiger charge is -2.40. The zero-order valence-electron chi connectivity index (χ0n) is 55.1. The van der Waals surface area contributed by atoms with Gasteiger partial charge in [0.05, 0.1) is 32.0 Å². The molecule has 11 nitrogen and oxygen atoms in total. The molecule has 1 aliphatic heterocycles. The molecule has 1 fully saturated rings. The third kappa shape index (κ3) is 51.9. The van der Waals surface area contributed by atoms with Crippen LogP contribution in [-0.2, 0) is 23.8 Å². The molecule has 0 aromatic rings. The molecule has 1 amide bonds. The van der Waals surface area contributed by atoms with Crippen LogP contribution in [0.5, 0.6) is 0 Å². The highest BCUT2D eigenvalue weighted by atomic mass is 16.7. The number of allylic oxidation sites excluding steroid dienone is 9. The average Bonchev–Trinajstić information content (AvgIpc) is 3.40. The van der Waals surface area contributed by atoms with Crippen LogP contribution in [0.4, 0.5) is 0 Å². The summed E-state index contributed by atoms with van der Waals surface area (Å²) in [4.78, 5) is 25.1. The summed E-state index contributed by atoms with van der Waals surface area (Å²) >= 11 is 0. The van der Waals surface area contributed by atoms with Crippen LogP contribution in [0.3, 0.4) is 0 Å². The van der Waals surface area contributed by atoms with E-state index in [1.165, 1.54) is 231 Å². The zero-order chi connectivity index (χ0) is 61.6. The Kier molecular flexibility index (Phi) is 59.5. The fourth-order valence-corrected chi connectivity index (χ4v) is 11.1. The molecule has 7 atom stereocenters. The molecule has 0 aromatic heterocycles. The molecule has 6 N–H and O–H groups in total. The maximum Gasteiger partial charge on any atom is 0.305 e. The Morgan fingerprint density at radius 3 is 1.24 bits per heavy atom. The van der Waals surface area contributed by atoms with Gasteiger partial charge in [-0.2, -0.15) is 0 Å². The lowest BCUT2D eigenvalue weighted by Crippen LogP contribution is -2.60. The largest absolute Gasteiger partial charge is 0.466 e. The summed E-state index contributed by atoms with van der Waals surface area (Å²) in [7, 11) is 0. The number of nitrogens with one attached hydrogen (secondary N) is 1. The van der Waals surface area contributed by atoms with Crippen molar-refractivity contribution < 1.29 is 49.3 Å². The number of rotatable bonds is 63. The number of esters is 1. The highest BCUT2D eigenvalue weighted by molar-refractivity contribution is 5.76. The fraction of sp³-hybridized carbons (Fsp3) is 0.838. The molecule has 85 heavy (non-hydrogen) atoms. The standard InChI is InChI=1S/C74H135NO10/c1-3-5-7-9-11-13-15-16-34-37-41-44-48-52-56-60-67(77)66(65-84-74-73(82)72(81)71(80)68(64-76)85-74)75-69(78)61-57-53-49-45-42-38-35-32-30-28-26-24-22-20-18-17-19-21-23-25-27-29-31-33-36-39-43-47-51-55-59-63-83-70(79)62-58-54-50-46-40-14-12-10-8-6-4-2/h15-16,19,21,25,27,41,44,56,60,66-68,71-74,76-77,80-82H,3-14,17-18,20,22-24,26,28-40,42-43,45-55,57-59,61-65H2,1-2H3,(H,75,78)/b16-15+,21-19-,27-25-,44-41+,60-56+. The number of hydrogen-bond donors (Lipinski definition) is 6. The second-order valence-corrected chi connectivity index (χ2v) is 24.9. The van der Waals surface area contributed by atoms with E-state index in [9.17, 15) is 35.1 Å². The van der Waals surface area contributed by atoms with Crippen LogP contribution in [0.25, 0.3) is 0 Å². The number of aliphatic hydroxyl groups excluding tert-OH is 5. The Morgan fingerprint density at radius 2 is 0.800 bits per heavy atom. The van der Waals surface area contributed by atoms with Crippen molar-refractivity contribution in [3.8, 4) is 0 Å². The van der Waals surface area contributed by atoms with E-state index in [4.69, 9.17) is 14.2 Å². The van der Waals surface area contributed by atoms with Gasteiger partial charge in [-0.3, -0.25) is 9.59 Å². The van der Waals surface area contributed by atoms with Gasteiger partial charge in [0, 0.05) is 12.8 Å². The Hall–Kier alpha value is -2.64. The fourth-order valence-electron chi connectivity index (χ4n) is 11.1. The van der Waals surface area contributed by atoms with Gasteiger partial charge in [-0.25, -0.2) is 0 Å². The lowest BCUT2D eigenvalue weighted by molar-refractivity contribution is -0.302. The van der Waals surface area contributed by atoms with Crippen LogP contribution in [0.1, 0.15) is 335 Å². The van der Waals surface area contributed by atoms with Crippen molar-refractivity contribution in [1.29, 1.82) is 0 Å². The van der Waals surface area contributed by atoms with Crippen LogP contribution in [-0.4, -0.2) is 100 Å². The molecule has 0 bridgehead atoms. The van der Waals surface area contributed by atoms with Crippen molar-refractivity contribution in [3.05, 3.63) is 60.8 Å². The number of carbonyl (C=O) groups excluding carboxylic acids is 2. The topological polar surface area (TPSA) is 175 Å². The molecule has 0 radical (unpaired) electrons. The van der Waals surface area contributed by atoms with Crippen LogP contribution < -0.4 is 5.32 Å². The van der Waals surface area contributed by atoms with Crippen LogP contribution in [0, 0.1) is 0 Å². The smallest absolute Gasteiger partial charge is 0.305 e. The molecular weight excluding hydrogens is 1060 g/mol. The Balaban J connectivity index is 2.01. The van der Waals surface area contributed by atoms with E-state index in [1.54, 1.807) is 6.08 Å². The van der Waals surface area contributed by atoms with Crippen molar-refractivity contribution in [1.82, 2.24) is 5.32 Å². The van der Waals surface area contributed by atoms with Gasteiger partial charge in [0.1, 0.15) is 24.4 Å². The normalized spacial score (nSPS) is 18.3. The molecule has 1 aliphatic rings. The molecule has 0 spiro atoms. The summed E-state index contributed by atoms with van der Waals surface area (Å²) in [6.07, 6.45) is 73.5. The molecule has 11 heteroatoms. The molecule has 1 saturated heterocycles. The first-order chi connectivity index (χ1) is 41.7. The first-order valence-electron chi connectivity index (χ1n) is 36.1. The van der Waals surface area contributed by atoms with Gasteiger partial charge < -0.3 is 45.1 Å². The summed E-state index contributed by atoms with van der Waals surface area (Å²) in [5.74, 6) is -0.191. The van der Waals surface area contributed by atoms with Gasteiger partial charge >= 0.3 is 5.97 Å².